The summed E-state index contributed by atoms with van der Waals surface area (Å²) in [6.07, 6.45) is 1.35. The van der Waals surface area contributed by atoms with Gasteiger partial charge in [0.2, 0.25) is 6.29 Å². The first-order valence-electron chi connectivity index (χ1n) is 4.23. The topological polar surface area (TPSA) is 88.8 Å². The molecule has 0 bridgehead atoms. The second kappa shape index (κ2) is 3.37. The van der Waals surface area contributed by atoms with Crippen molar-refractivity contribution < 1.29 is 0 Å². The Kier molecular flexibility index (Phi) is 2.06. The van der Waals surface area contributed by atoms with E-state index in [0.29, 0.717) is 0 Å². The van der Waals surface area contributed by atoms with Gasteiger partial charge in [0.25, 0.3) is 0 Å². The van der Waals surface area contributed by atoms with Crippen molar-refractivity contribution in [3.8, 4) is 0 Å². The third-order valence-corrected chi connectivity index (χ3v) is 1.87. The van der Waals surface area contributed by atoms with Crippen LogP contribution in [0, 0.1) is 0 Å². The van der Waals surface area contributed by atoms with E-state index >= 15 is 0 Å². The maximum Gasteiger partial charge on any atom is 0.217 e. The van der Waals surface area contributed by atoms with E-state index in [0.717, 1.165) is 11.3 Å². The van der Waals surface area contributed by atoms with Crippen LogP contribution in [0.2, 0.25) is 0 Å². The summed E-state index contributed by atoms with van der Waals surface area (Å²) in [5.74, 6) is 0.0269. The van der Waals surface area contributed by atoms with Crippen molar-refractivity contribution in [3.05, 3.63) is 29.8 Å². The number of nitrogens with two attached hydrogens (primary N) is 2. The fourth-order valence-electron chi connectivity index (χ4n) is 1.28. The van der Waals surface area contributed by atoms with Crippen LogP contribution in [0.4, 0.5) is 5.69 Å². The van der Waals surface area contributed by atoms with E-state index in [9.17, 15) is 0 Å². The van der Waals surface area contributed by atoms with Crippen LogP contribution in [0.3, 0.4) is 0 Å². The van der Waals surface area contributed by atoms with E-state index in [4.69, 9.17) is 11.5 Å². The number of benzene rings is 1. The summed E-state index contributed by atoms with van der Waals surface area (Å²) < 4.78 is 0. The molecule has 72 valence electrons. The zero-order valence-electron chi connectivity index (χ0n) is 7.51. The number of hydrogen-bond acceptors (Lipinski definition) is 3. The minimum absolute atomic E-state index is 0.0269. The van der Waals surface area contributed by atoms with Crippen LogP contribution in [0.5, 0.6) is 0 Å². The van der Waals surface area contributed by atoms with Gasteiger partial charge in [-0.25, -0.2) is 9.98 Å². The molecule has 0 fully saturated rings. The lowest BCUT2D eigenvalue weighted by Gasteiger charge is -2.18. The molecule has 0 radical (unpaired) electrons. The van der Waals surface area contributed by atoms with Crippen molar-refractivity contribution in [2.24, 2.45) is 21.5 Å². The fourth-order valence-corrected chi connectivity index (χ4v) is 1.28. The Balaban J connectivity index is 2.26. The first-order chi connectivity index (χ1) is 6.75. The monoisotopic (exact) mass is 189 g/mol. The number of para-hydroxylation sites is 1. The highest BCUT2D eigenvalue weighted by Crippen LogP contribution is 2.18. The third kappa shape index (κ3) is 1.66. The number of rotatable bonds is 1. The predicted octanol–water partition coefficient (Wildman–Crippen LogP) is 0.0880. The zero-order valence-corrected chi connectivity index (χ0v) is 7.51. The van der Waals surface area contributed by atoms with Crippen molar-refractivity contribution in [2.75, 3.05) is 5.32 Å². The lowest BCUT2D eigenvalue weighted by Crippen LogP contribution is -2.29. The molecule has 2 rings (SSSR count). The molecule has 5 nitrogen and oxygen atoms in total. The number of anilines is 1. The van der Waals surface area contributed by atoms with Gasteiger partial charge in [0.05, 0.1) is 0 Å². The standard InChI is InChI=1S/C9H11N5/c10-8(11)14-9-12-5-6-3-1-2-4-7(6)13-9/h1-5,9,13H,(H4,10,11,14). The summed E-state index contributed by atoms with van der Waals surface area (Å²) in [6, 6.07) is 7.82. The molecule has 1 heterocycles. The quantitative estimate of drug-likeness (QED) is 0.432. The van der Waals surface area contributed by atoms with Crippen LogP contribution in [0.25, 0.3) is 0 Å². The molecule has 1 aromatic rings. The second-order valence-electron chi connectivity index (χ2n) is 2.94. The van der Waals surface area contributed by atoms with Crippen LogP contribution >= 0.6 is 0 Å². The Labute approximate surface area is 81.5 Å². The molecule has 0 aromatic heterocycles. The van der Waals surface area contributed by atoms with E-state index in [1.165, 1.54) is 0 Å². The Morgan fingerprint density at radius 1 is 1.36 bits per heavy atom. The highest BCUT2D eigenvalue weighted by atomic mass is 15.2. The summed E-state index contributed by atoms with van der Waals surface area (Å²) >= 11 is 0. The van der Waals surface area contributed by atoms with Gasteiger partial charge in [-0.3, -0.25) is 0 Å². The Hall–Kier alpha value is -2.04. The van der Waals surface area contributed by atoms with Crippen LogP contribution < -0.4 is 16.8 Å². The molecular weight excluding hydrogens is 178 g/mol. The maximum absolute atomic E-state index is 5.26. The maximum atomic E-state index is 5.26. The minimum Gasteiger partial charge on any atom is -0.370 e. The Bertz CT molecular complexity index is 392. The number of nitrogens with zero attached hydrogens (tertiary/aromatic N) is 2. The van der Waals surface area contributed by atoms with Gasteiger partial charge >= 0.3 is 0 Å². The fraction of sp³-hybridized carbons (Fsp3) is 0.111. The summed E-state index contributed by atoms with van der Waals surface area (Å²) in [4.78, 5) is 8.03. The molecule has 1 atom stereocenters. The van der Waals surface area contributed by atoms with Gasteiger partial charge in [-0.1, -0.05) is 18.2 Å². The smallest absolute Gasteiger partial charge is 0.217 e. The zero-order chi connectivity index (χ0) is 9.97. The SMILES string of the molecule is NC(N)=NC1N=Cc2ccccc2N1. The van der Waals surface area contributed by atoms with Gasteiger partial charge in [0.1, 0.15) is 0 Å². The molecule has 0 saturated heterocycles. The third-order valence-electron chi connectivity index (χ3n) is 1.87. The Morgan fingerprint density at radius 2 is 2.14 bits per heavy atom. The molecule has 5 N–H and O–H groups in total. The van der Waals surface area contributed by atoms with Gasteiger partial charge < -0.3 is 16.8 Å². The van der Waals surface area contributed by atoms with Crippen molar-refractivity contribution in [1.29, 1.82) is 0 Å². The Morgan fingerprint density at radius 3 is 2.93 bits per heavy atom. The van der Waals surface area contributed by atoms with Gasteiger partial charge in [-0.05, 0) is 6.07 Å². The van der Waals surface area contributed by atoms with Crippen LogP contribution in [0.1, 0.15) is 5.56 Å². The molecule has 0 spiro atoms. The lowest BCUT2D eigenvalue weighted by molar-refractivity contribution is 0.804. The van der Waals surface area contributed by atoms with Crippen LogP contribution in [-0.4, -0.2) is 18.5 Å². The van der Waals surface area contributed by atoms with Crippen molar-refractivity contribution in [2.45, 2.75) is 6.29 Å². The molecule has 1 aliphatic rings. The van der Waals surface area contributed by atoms with Crippen molar-refractivity contribution in [1.82, 2.24) is 0 Å². The highest BCUT2D eigenvalue weighted by Gasteiger charge is 2.10. The molecule has 5 heteroatoms. The van der Waals surface area contributed by atoms with Crippen molar-refractivity contribution in [3.63, 3.8) is 0 Å². The summed E-state index contributed by atoms with van der Waals surface area (Å²) in [6.45, 7) is 0. The average Bonchev–Trinajstić information content (AvgIpc) is 2.17. The van der Waals surface area contributed by atoms with E-state index in [1.54, 1.807) is 6.21 Å². The molecule has 14 heavy (non-hydrogen) atoms. The first kappa shape index (κ1) is 8.55. The van der Waals surface area contributed by atoms with Crippen LogP contribution in [-0.2, 0) is 0 Å². The molecule has 0 saturated carbocycles. The van der Waals surface area contributed by atoms with E-state index in [2.05, 4.69) is 15.3 Å². The summed E-state index contributed by atoms with van der Waals surface area (Å²) in [7, 11) is 0. The molecule has 1 unspecified atom stereocenters. The second-order valence-corrected chi connectivity index (χ2v) is 2.94. The molecule has 1 aliphatic heterocycles. The minimum atomic E-state index is -0.408. The normalized spacial score (nSPS) is 18.1. The summed E-state index contributed by atoms with van der Waals surface area (Å²) in [5, 5.41) is 3.08. The van der Waals surface area contributed by atoms with Gasteiger partial charge in [-0.15, -0.1) is 0 Å². The highest BCUT2D eigenvalue weighted by molar-refractivity contribution is 5.89. The van der Waals surface area contributed by atoms with E-state index in [-0.39, 0.29) is 5.96 Å². The number of fused-ring (bicyclic) bond motifs is 1. The molecule has 0 aliphatic carbocycles. The lowest BCUT2D eigenvalue weighted by atomic mass is 10.2. The molecule has 1 aromatic carbocycles. The number of aliphatic imine (C=N–C) groups is 2. The average molecular weight is 189 g/mol. The first-order valence-corrected chi connectivity index (χ1v) is 4.23. The summed E-state index contributed by atoms with van der Waals surface area (Å²) in [5.41, 5.74) is 12.5. The predicted molar refractivity (Wildman–Crippen MR) is 57.3 cm³/mol. The van der Waals surface area contributed by atoms with Crippen molar-refractivity contribution >= 4 is 17.9 Å². The van der Waals surface area contributed by atoms with Gasteiger partial charge in [0.15, 0.2) is 5.96 Å². The molecule has 0 amide bonds. The van der Waals surface area contributed by atoms with Gasteiger partial charge in [-0.2, -0.15) is 0 Å². The largest absolute Gasteiger partial charge is 0.370 e. The number of guanidine groups is 1. The number of nitrogens with one attached hydrogen (secondary N) is 1. The number of hydrogen-bond donors (Lipinski definition) is 3. The van der Waals surface area contributed by atoms with Crippen LogP contribution in [0.15, 0.2) is 34.3 Å². The van der Waals surface area contributed by atoms with E-state index < -0.39 is 6.29 Å². The molecular formula is C9H11N5. The van der Waals surface area contributed by atoms with Gasteiger partial charge in [0, 0.05) is 17.5 Å². The van der Waals surface area contributed by atoms with E-state index in [1.807, 2.05) is 24.3 Å².